The molecule has 6 heteroatoms. The number of hydrogen-bond donors (Lipinski definition) is 2. The number of hydrogen-bond acceptors (Lipinski definition) is 3. The SMILES string of the molecule is S=C(Nc1ccc(Oc2ccccc2)cc1)Nc1nc2ccccc2n1Cc1ccccc1. The summed E-state index contributed by atoms with van der Waals surface area (Å²) in [4.78, 5) is 4.76. The zero-order valence-electron chi connectivity index (χ0n) is 17.8. The van der Waals surface area contributed by atoms with Gasteiger partial charge in [0, 0.05) is 5.69 Å². The van der Waals surface area contributed by atoms with Crippen molar-refractivity contribution in [3.63, 3.8) is 0 Å². The number of nitrogens with one attached hydrogen (secondary N) is 2. The summed E-state index contributed by atoms with van der Waals surface area (Å²) >= 11 is 5.58. The van der Waals surface area contributed by atoms with Crippen LogP contribution in [0.2, 0.25) is 0 Å². The number of fused-ring (bicyclic) bond motifs is 1. The van der Waals surface area contributed by atoms with Crippen molar-refractivity contribution in [1.29, 1.82) is 0 Å². The minimum atomic E-state index is 0.469. The summed E-state index contributed by atoms with van der Waals surface area (Å²) < 4.78 is 7.98. The van der Waals surface area contributed by atoms with E-state index in [0.29, 0.717) is 17.6 Å². The fraction of sp³-hybridized carbons (Fsp3) is 0.0370. The van der Waals surface area contributed by atoms with Gasteiger partial charge in [-0.3, -0.25) is 0 Å². The van der Waals surface area contributed by atoms with Gasteiger partial charge in [0.05, 0.1) is 17.6 Å². The molecule has 0 aliphatic carbocycles. The van der Waals surface area contributed by atoms with E-state index in [9.17, 15) is 0 Å². The highest BCUT2D eigenvalue weighted by Crippen LogP contribution is 2.24. The van der Waals surface area contributed by atoms with E-state index in [4.69, 9.17) is 21.9 Å². The van der Waals surface area contributed by atoms with Crippen molar-refractivity contribution < 1.29 is 4.74 Å². The van der Waals surface area contributed by atoms with E-state index < -0.39 is 0 Å². The van der Waals surface area contributed by atoms with Crippen LogP contribution < -0.4 is 15.4 Å². The van der Waals surface area contributed by atoms with Gasteiger partial charge in [-0.1, -0.05) is 60.7 Å². The van der Waals surface area contributed by atoms with Crippen molar-refractivity contribution in [2.45, 2.75) is 6.54 Å². The molecule has 0 radical (unpaired) electrons. The molecule has 0 saturated carbocycles. The first-order chi connectivity index (χ1) is 16.2. The summed E-state index contributed by atoms with van der Waals surface area (Å²) in [5.41, 5.74) is 4.02. The molecule has 5 aromatic rings. The third kappa shape index (κ3) is 5.02. The van der Waals surface area contributed by atoms with Crippen LogP contribution in [0.4, 0.5) is 11.6 Å². The number of aromatic nitrogens is 2. The molecule has 0 unspecified atom stereocenters. The third-order valence-corrected chi connectivity index (χ3v) is 5.36. The topological polar surface area (TPSA) is 51.1 Å². The number of para-hydroxylation sites is 3. The van der Waals surface area contributed by atoms with Gasteiger partial charge in [-0.05, 0) is 66.3 Å². The fourth-order valence-corrected chi connectivity index (χ4v) is 3.80. The second-order valence-electron chi connectivity index (χ2n) is 7.51. The molecule has 33 heavy (non-hydrogen) atoms. The Balaban J connectivity index is 1.30. The number of nitrogens with zero attached hydrogens (tertiary/aromatic N) is 2. The molecule has 2 N–H and O–H groups in total. The maximum absolute atomic E-state index is 5.85. The number of rotatable bonds is 6. The zero-order chi connectivity index (χ0) is 22.5. The first-order valence-corrected chi connectivity index (χ1v) is 11.1. The van der Waals surface area contributed by atoms with Crippen molar-refractivity contribution in [3.8, 4) is 11.5 Å². The number of benzene rings is 4. The van der Waals surface area contributed by atoms with Crippen molar-refractivity contribution in [2.75, 3.05) is 10.6 Å². The Morgan fingerprint density at radius 3 is 2.12 bits per heavy atom. The summed E-state index contributed by atoms with van der Waals surface area (Å²) in [6.45, 7) is 0.692. The van der Waals surface area contributed by atoms with Gasteiger partial charge in [0.15, 0.2) is 5.11 Å². The van der Waals surface area contributed by atoms with Gasteiger partial charge in [-0.25, -0.2) is 4.98 Å². The van der Waals surface area contributed by atoms with Crippen LogP contribution in [0.25, 0.3) is 11.0 Å². The lowest BCUT2D eigenvalue weighted by molar-refractivity contribution is 0.483. The lowest BCUT2D eigenvalue weighted by atomic mass is 10.2. The smallest absolute Gasteiger partial charge is 0.210 e. The summed E-state index contributed by atoms with van der Waals surface area (Å²) in [7, 11) is 0. The molecule has 0 fully saturated rings. The van der Waals surface area contributed by atoms with Gasteiger partial charge in [0.25, 0.3) is 0 Å². The molecular weight excluding hydrogens is 428 g/mol. The van der Waals surface area contributed by atoms with Gasteiger partial charge >= 0.3 is 0 Å². The van der Waals surface area contributed by atoms with E-state index >= 15 is 0 Å². The molecule has 0 saturated heterocycles. The van der Waals surface area contributed by atoms with Crippen molar-refractivity contribution in [1.82, 2.24) is 9.55 Å². The van der Waals surface area contributed by atoms with Crippen LogP contribution in [-0.2, 0) is 6.54 Å². The quantitative estimate of drug-likeness (QED) is 0.282. The van der Waals surface area contributed by atoms with Crippen molar-refractivity contribution >= 4 is 40.0 Å². The van der Waals surface area contributed by atoms with E-state index in [1.54, 1.807) is 0 Å². The zero-order valence-corrected chi connectivity index (χ0v) is 18.6. The first-order valence-electron chi connectivity index (χ1n) is 10.6. The van der Waals surface area contributed by atoms with Crippen LogP contribution in [-0.4, -0.2) is 14.7 Å². The monoisotopic (exact) mass is 450 g/mol. The van der Waals surface area contributed by atoms with E-state index in [0.717, 1.165) is 28.2 Å². The number of ether oxygens (including phenoxy) is 1. The molecule has 0 aliphatic heterocycles. The molecule has 1 heterocycles. The van der Waals surface area contributed by atoms with E-state index in [-0.39, 0.29) is 0 Å². The molecular formula is C27H22N4OS. The molecule has 162 valence electrons. The predicted molar refractivity (Wildman–Crippen MR) is 138 cm³/mol. The molecule has 0 bridgehead atoms. The maximum Gasteiger partial charge on any atom is 0.210 e. The highest BCUT2D eigenvalue weighted by atomic mass is 32.1. The van der Waals surface area contributed by atoms with E-state index in [2.05, 4.69) is 33.4 Å². The summed E-state index contributed by atoms with van der Waals surface area (Å²) in [5.74, 6) is 2.25. The van der Waals surface area contributed by atoms with E-state index in [1.165, 1.54) is 5.56 Å². The van der Waals surface area contributed by atoms with Gasteiger partial charge in [-0.15, -0.1) is 0 Å². The lowest BCUT2D eigenvalue weighted by Crippen LogP contribution is -2.21. The molecule has 0 aliphatic rings. The largest absolute Gasteiger partial charge is 0.457 e. The van der Waals surface area contributed by atoms with Crippen LogP contribution in [0.3, 0.4) is 0 Å². The molecule has 5 nitrogen and oxygen atoms in total. The maximum atomic E-state index is 5.85. The fourth-order valence-electron chi connectivity index (χ4n) is 3.59. The molecule has 4 aromatic carbocycles. The van der Waals surface area contributed by atoms with Gasteiger partial charge in [0.1, 0.15) is 11.5 Å². The first kappa shape index (κ1) is 20.7. The Kier molecular flexibility index (Phi) is 5.99. The molecule has 0 atom stereocenters. The minimum Gasteiger partial charge on any atom is -0.457 e. The van der Waals surface area contributed by atoms with E-state index in [1.807, 2.05) is 91.0 Å². The third-order valence-electron chi connectivity index (χ3n) is 5.15. The number of imidazole rings is 1. The Morgan fingerprint density at radius 1 is 0.727 bits per heavy atom. The highest BCUT2D eigenvalue weighted by molar-refractivity contribution is 7.80. The van der Waals surface area contributed by atoms with Crippen molar-refractivity contribution in [2.24, 2.45) is 0 Å². The normalized spacial score (nSPS) is 10.7. The molecule has 0 amide bonds. The average molecular weight is 451 g/mol. The van der Waals surface area contributed by atoms with Crippen LogP contribution in [0.1, 0.15) is 5.56 Å². The second-order valence-corrected chi connectivity index (χ2v) is 7.92. The predicted octanol–water partition coefficient (Wildman–Crippen LogP) is 6.69. The van der Waals surface area contributed by atoms with Crippen LogP contribution in [0, 0.1) is 0 Å². The minimum absolute atomic E-state index is 0.469. The summed E-state index contributed by atoms with van der Waals surface area (Å²) in [6, 6.07) is 35.8. The Hall–Kier alpha value is -4.16. The summed E-state index contributed by atoms with van der Waals surface area (Å²) in [6.07, 6.45) is 0. The Morgan fingerprint density at radius 2 is 1.36 bits per heavy atom. The standard InChI is InChI=1S/C27H22N4OS/c33-27(28-21-15-17-23(18-16-21)32-22-11-5-2-6-12-22)30-26-29-24-13-7-8-14-25(24)31(26)19-20-9-3-1-4-10-20/h1-18H,19H2,(H2,28,29,30,33). The van der Waals surface area contributed by atoms with Gasteiger partial charge < -0.3 is 19.9 Å². The summed E-state index contributed by atoms with van der Waals surface area (Å²) in [5, 5.41) is 6.96. The highest BCUT2D eigenvalue weighted by Gasteiger charge is 2.12. The Bertz CT molecular complexity index is 1370. The lowest BCUT2D eigenvalue weighted by Gasteiger charge is -2.13. The number of thiocarbonyl (C=S) groups is 1. The van der Waals surface area contributed by atoms with Crippen LogP contribution in [0.15, 0.2) is 109 Å². The van der Waals surface area contributed by atoms with Gasteiger partial charge in [-0.2, -0.15) is 0 Å². The average Bonchev–Trinajstić information content (AvgIpc) is 3.18. The van der Waals surface area contributed by atoms with Crippen LogP contribution in [0.5, 0.6) is 11.5 Å². The number of anilines is 2. The molecule has 5 rings (SSSR count). The molecule has 0 spiro atoms. The van der Waals surface area contributed by atoms with Crippen LogP contribution >= 0.6 is 12.2 Å². The van der Waals surface area contributed by atoms with Gasteiger partial charge in [0.2, 0.25) is 5.95 Å². The molecule has 1 aromatic heterocycles. The second kappa shape index (κ2) is 9.54. The Labute approximate surface area is 197 Å². The van der Waals surface area contributed by atoms with Crippen molar-refractivity contribution in [3.05, 3.63) is 115 Å².